The van der Waals surface area contributed by atoms with E-state index in [4.69, 9.17) is 9.47 Å². The highest BCUT2D eigenvalue weighted by atomic mass is 16.5. The lowest BCUT2D eigenvalue weighted by atomic mass is 9.88. The van der Waals surface area contributed by atoms with Gasteiger partial charge < -0.3 is 14.8 Å². The van der Waals surface area contributed by atoms with Gasteiger partial charge in [-0.3, -0.25) is 0 Å². The number of hydrogen-bond acceptors (Lipinski definition) is 5. The first-order chi connectivity index (χ1) is 9.22. The predicted octanol–water partition coefficient (Wildman–Crippen LogP) is 2.62. The fourth-order valence-electron chi connectivity index (χ4n) is 2.47. The van der Waals surface area contributed by atoms with Crippen molar-refractivity contribution in [3.8, 4) is 5.88 Å². The molecular formula is C14H23N3O2. The van der Waals surface area contributed by atoms with Gasteiger partial charge in [0.25, 0.3) is 0 Å². The third-order valence-electron chi connectivity index (χ3n) is 3.58. The molecular weight excluding hydrogens is 242 g/mol. The monoisotopic (exact) mass is 265 g/mol. The first kappa shape index (κ1) is 14.1. The highest BCUT2D eigenvalue weighted by Gasteiger charge is 2.23. The van der Waals surface area contributed by atoms with Crippen LogP contribution in [0.5, 0.6) is 5.88 Å². The molecule has 0 aromatic carbocycles. The Labute approximate surface area is 114 Å². The van der Waals surface area contributed by atoms with Crippen molar-refractivity contribution >= 4 is 5.82 Å². The zero-order valence-corrected chi connectivity index (χ0v) is 12.0. The number of hydrogen-bond donors (Lipinski definition) is 1. The third-order valence-corrected chi connectivity index (χ3v) is 3.58. The largest absolute Gasteiger partial charge is 0.474 e. The van der Waals surface area contributed by atoms with Gasteiger partial charge in [-0.1, -0.05) is 13.3 Å². The highest BCUT2D eigenvalue weighted by Crippen LogP contribution is 2.28. The van der Waals surface area contributed by atoms with Crippen molar-refractivity contribution in [3.63, 3.8) is 0 Å². The first-order valence-corrected chi connectivity index (χ1v) is 6.94. The second-order valence-electron chi connectivity index (χ2n) is 5.11. The molecule has 1 aliphatic carbocycles. The molecule has 5 heteroatoms. The van der Waals surface area contributed by atoms with E-state index in [0.717, 1.165) is 12.2 Å². The molecule has 1 aliphatic rings. The molecule has 0 bridgehead atoms. The summed E-state index contributed by atoms with van der Waals surface area (Å²) in [6.45, 7) is 2.65. The summed E-state index contributed by atoms with van der Waals surface area (Å²) >= 11 is 0. The fourth-order valence-corrected chi connectivity index (χ4v) is 2.47. The van der Waals surface area contributed by atoms with E-state index in [1.165, 1.54) is 19.3 Å². The number of nitrogens with one attached hydrogen (secondary N) is 1. The molecule has 106 valence electrons. The summed E-state index contributed by atoms with van der Waals surface area (Å²) in [5, 5.41) is 3.03. The van der Waals surface area contributed by atoms with Crippen LogP contribution in [0.1, 0.15) is 38.4 Å². The van der Waals surface area contributed by atoms with Gasteiger partial charge in [0.15, 0.2) is 5.82 Å². The van der Waals surface area contributed by atoms with Gasteiger partial charge in [0.2, 0.25) is 5.88 Å². The molecule has 19 heavy (non-hydrogen) atoms. The minimum atomic E-state index is 0.267. The summed E-state index contributed by atoms with van der Waals surface area (Å²) in [6.07, 6.45) is 5.16. The van der Waals surface area contributed by atoms with Crippen LogP contribution in [0.3, 0.4) is 0 Å². The molecule has 0 radical (unpaired) electrons. The Bertz CT molecular complexity index is 412. The summed E-state index contributed by atoms with van der Waals surface area (Å²) in [4.78, 5) is 8.73. The van der Waals surface area contributed by atoms with Crippen molar-refractivity contribution in [3.05, 3.63) is 11.9 Å². The van der Waals surface area contributed by atoms with Crippen LogP contribution in [0, 0.1) is 5.92 Å². The molecule has 1 N–H and O–H groups in total. The number of methoxy groups -OCH3 is 1. The lowest BCUT2D eigenvalue weighted by Crippen LogP contribution is -2.28. The summed E-state index contributed by atoms with van der Waals surface area (Å²) in [6, 6.07) is 1.85. The minimum Gasteiger partial charge on any atom is -0.474 e. The molecule has 2 unspecified atom stereocenters. The Morgan fingerprint density at radius 2 is 2.11 bits per heavy atom. The minimum absolute atomic E-state index is 0.267. The molecule has 1 aromatic rings. The number of aromatic nitrogens is 2. The third kappa shape index (κ3) is 3.80. The maximum absolute atomic E-state index is 6.05. The lowest BCUT2D eigenvalue weighted by Gasteiger charge is -2.28. The summed E-state index contributed by atoms with van der Waals surface area (Å²) in [7, 11) is 3.48. The zero-order chi connectivity index (χ0) is 13.7. The van der Waals surface area contributed by atoms with Crippen LogP contribution >= 0.6 is 0 Å². The van der Waals surface area contributed by atoms with Gasteiger partial charge in [-0.15, -0.1) is 0 Å². The van der Waals surface area contributed by atoms with Gasteiger partial charge in [-0.05, 0) is 25.2 Å². The zero-order valence-electron chi connectivity index (χ0n) is 12.0. The molecule has 0 aliphatic heterocycles. The van der Waals surface area contributed by atoms with E-state index in [-0.39, 0.29) is 6.10 Å². The number of nitrogens with zero attached hydrogens (tertiary/aromatic N) is 2. The van der Waals surface area contributed by atoms with Gasteiger partial charge in [0.1, 0.15) is 18.5 Å². The SMILES string of the molecule is CNc1cc(OC2CCCCC2C)nc(COC)n1. The molecule has 5 nitrogen and oxygen atoms in total. The Morgan fingerprint density at radius 3 is 2.79 bits per heavy atom. The molecule has 2 rings (SSSR count). The Hall–Kier alpha value is -1.36. The summed E-state index contributed by atoms with van der Waals surface area (Å²) < 4.78 is 11.1. The van der Waals surface area contributed by atoms with Crippen LogP contribution in [0.15, 0.2) is 6.07 Å². The topological polar surface area (TPSA) is 56.3 Å². The molecule has 1 heterocycles. The van der Waals surface area contributed by atoms with Crippen molar-refractivity contribution in [2.24, 2.45) is 5.92 Å². The number of anilines is 1. The standard InChI is InChI=1S/C14H23N3O2/c1-10-6-4-5-7-11(10)19-14-8-12(15-2)16-13(17-14)9-18-3/h8,10-11H,4-7,9H2,1-3H3,(H,15,16,17). The Morgan fingerprint density at radius 1 is 1.32 bits per heavy atom. The van der Waals surface area contributed by atoms with Crippen LogP contribution < -0.4 is 10.1 Å². The van der Waals surface area contributed by atoms with E-state index in [2.05, 4.69) is 22.2 Å². The first-order valence-electron chi connectivity index (χ1n) is 6.94. The fraction of sp³-hybridized carbons (Fsp3) is 0.714. The number of ether oxygens (including phenoxy) is 2. The van der Waals surface area contributed by atoms with E-state index >= 15 is 0 Å². The second-order valence-corrected chi connectivity index (χ2v) is 5.11. The highest BCUT2D eigenvalue weighted by molar-refractivity contribution is 5.37. The smallest absolute Gasteiger partial charge is 0.219 e. The van der Waals surface area contributed by atoms with E-state index in [0.29, 0.717) is 24.2 Å². The van der Waals surface area contributed by atoms with Gasteiger partial charge in [0, 0.05) is 20.2 Å². The molecule has 1 saturated carbocycles. The maximum atomic E-state index is 6.05. The average Bonchev–Trinajstić information content (AvgIpc) is 2.41. The van der Waals surface area contributed by atoms with Crippen LogP contribution in [-0.2, 0) is 11.3 Å². The lowest BCUT2D eigenvalue weighted by molar-refractivity contribution is 0.0961. The van der Waals surface area contributed by atoms with Gasteiger partial charge in [-0.2, -0.15) is 4.98 Å². The number of rotatable bonds is 5. The van der Waals surface area contributed by atoms with Crippen LogP contribution in [-0.4, -0.2) is 30.2 Å². The maximum Gasteiger partial charge on any atom is 0.219 e. The Balaban J connectivity index is 2.11. The summed E-state index contributed by atoms with van der Waals surface area (Å²) in [5.41, 5.74) is 0. The normalized spacial score (nSPS) is 23.1. The van der Waals surface area contributed by atoms with Crippen LogP contribution in [0.2, 0.25) is 0 Å². The van der Waals surface area contributed by atoms with Gasteiger partial charge >= 0.3 is 0 Å². The molecule has 2 atom stereocenters. The van der Waals surface area contributed by atoms with E-state index in [1.807, 2.05) is 13.1 Å². The van der Waals surface area contributed by atoms with Crippen molar-refractivity contribution in [1.29, 1.82) is 0 Å². The average molecular weight is 265 g/mol. The molecule has 1 aromatic heterocycles. The summed E-state index contributed by atoms with van der Waals surface area (Å²) in [5.74, 6) is 2.64. The predicted molar refractivity (Wildman–Crippen MR) is 74.3 cm³/mol. The van der Waals surface area contributed by atoms with E-state index in [1.54, 1.807) is 7.11 Å². The van der Waals surface area contributed by atoms with Crippen molar-refractivity contribution < 1.29 is 9.47 Å². The van der Waals surface area contributed by atoms with Crippen molar-refractivity contribution in [1.82, 2.24) is 9.97 Å². The van der Waals surface area contributed by atoms with E-state index in [9.17, 15) is 0 Å². The van der Waals surface area contributed by atoms with E-state index < -0.39 is 0 Å². The van der Waals surface area contributed by atoms with Gasteiger partial charge in [-0.25, -0.2) is 4.98 Å². The van der Waals surface area contributed by atoms with Crippen molar-refractivity contribution in [2.75, 3.05) is 19.5 Å². The second kappa shape index (κ2) is 6.70. The quantitative estimate of drug-likeness (QED) is 0.887. The van der Waals surface area contributed by atoms with Gasteiger partial charge in [0.05, 0.1) is 0 Å². The van der Waals surface area contributed by atoms with Crippen LogP contribution in [0.4, 0.5) is 5.82 Å². The van der Waals surface area contributed by atoms with Crippen molar-refractivity contribution in [2.45, 2.75) is 45.3 Å². The molecule has 0 amide bonds. The molecule has 0 saturated heterocycles. The Kier molecular flexibility index (Phi) is 4.96. The van der Waals surface area contributed by atoms with Crippen LogP contribution in [0.25, 0.3) is 0 Å². The molecule has 1 fully saturated rings. The molecule has 0 spiro atoms.